The van der Waals surface area contributed by atoms with E-state index in [1.807, 2.05) is 30.3 Å². The molecule has 2 amide bonds. The lowest BCUT2D eigenvalue weighted by molar-refractivity contribution is -0.131. The first kappa shape index (κ1) is 18.6. The van der Waals surface area contributed by atoms with Crippen LogP contribution >= 0.6 is 0 Å². The first-order valence-corrected chi connectivity index (χ1v) is 7.96. The van der Waals surface area contributed by atoms with E-state index in [2.05, 4.69) is 5.32 Å². The van der Waals surface area contributed by atoms with Gasteiger partial charge in [-0.05, 0) is 30.8 Å². The van der Waals surface area contributed by atoms with Gasteiger partial charge in [0.15, 0.2) is 0 Å². The Balaban J connectivity index is 1.79. The molecule has 0 unspecified atom stereocenters. The van der Waals surface area contributed by atoms with Crippen molar-refractivity contribution in [2.45, 2.75) is 6.54 Å². The molecule has 0 atom stereocenters. The molecular formula is C19H22FN3O2. The van der Waals surface area contributed by atoms with Crippen molar-refractivity contribution < 1.29 is 14.0 Å². The van der Waals surface area contributed by atoms with E-state index in [0.29, 0.717) is 12.2 Å². The van der Waals surface area contributed by atoms with Crippen molar-refractivity contribution in [2.24, 2.45) is 0 Å². The molecule has 0 saturated carbocycles. The minimum absolute atomic E-state index is 0.0431. The van der Waals surface area contributed by atoms with E-state index >= 15 is 0 Å². The van der Waals surface area contributed by atoms with Crippen molar-refractivity contribution in [3.63, 3.8) is 0 Å². The predicted octanol–water partition coefficient (Wildman–Crippen LogP) is 2.35. The van der Waals surface area contributed by atoms with E-state index in [0.717, 1.165) is 5.56 Å². The standard InChI is InChI=1S/C19H22FN3O2/c1-22(13-18(24)21-17-10-6-9-16(20)11-17)14-19(25)23(2)12-15-7-4-3-5-8-15/h3-11H,12-14H2,1-2H3,(H,21,24). The van der Waals surface area contributed by atoms with Gasteiger partial charge in [0, 0.05) is 19.3 Å². The molecule has 0 aliphatic heterocycles. The molecule has 0 spiro atoms. The highest BCUT2D eigenvalue weighted by Crippen LogP contribution is 2.09. The lowest BCUT2D eigenvalue weighted by atomic mass is 10.2. The SMILES string of the molecule is CN(CC(=O)Nc1cccc(F)c1)CC(=O)N(C)Cc1ccccc1. The molecule has 0 fully saturated rings. The maximum Gasteiger partial charge on any atom is 0.238 e. The molecule has 2 aromatic rings. The second-order valence-corrected chi connectivity index (χ2v) is 5.97. The lowest BCUT2D eigenvalue weighted by Gasteiger charge is -2.21. The summed E-state index contributed by atoms with van der Waals surface area (Å²) in [5.41, 5.74) is 1.44. The van der Waals surface area contributed by atoms with Crippen molar-refractivity contribution >= 4 is 17.5 Å². The second-order valence-electron chi connectivity index (χ2n) is 5.97. The van der Waals surface area contributed by atoms with Gasteiger partial charge in [0.25, 0.3) is 0 Å². The van der Waals surface area contributed by atoms with Crippen LogP contribution in [0.1, 0.15) is 5.56 Å². The fourth-order valence-corrected chi connectivity index (χ4v) is 2.36. The number of hydrogen-bond donors (Lipinski definition) is 1. The Bertz CT molecular complexity index is 722. The third-order valence-electron chi connectivity index (χ3n) is 3.62. The third kappa shape index (κ3) is 6.35. The molecule has 6 heteroatoms. The van der Waals surface area contributed by atoms with Crippen LogP contribution in [0, 0.1) is 5.82 Å². The molecule has 0 aliphatic carbocycles. The summed E-state index contributed by atoms with van der Waals surface area (Å²) in [6.45, 7) is 0.685. The number of nitrogens with zero attached hydrogens (tertiary/aromatic N) is 2. The van der Waals surface area contributed by atoms with E-state index in [4.69, 9.17) is 0 Å². The van der Waals surface area contributed by atoms with Gasteiger partial charge in [0.1, 0.15) is 5.82 Å². The monoisotopic (exact) mass is 343 g/mol. The molecule has 25 heavy (non-hydrogen) atoms. The predicted molar refractivity (Wildman–Crippen MR) is 95.4 cm³/mol. The molecule has 0 heterocycles. The molecule has 0 saturated heterocycles. The summed E-state index contributed by atoms with van der Waals surface area (Å²) in [5.74, 6) is -0.791. The van der Waals surface area contributed by atoms with Gasteiger partial charge < -0.3 is 10.2 Å². The van der Waals surface area contributed by atoms with Crippen LogP contribution in [-0.4, -0.2) is 48.8 Å². The normalized spacial score (nSPS) is 10.6. The highest BCUT2D eigenvalue weighted by molar-refractivity contribution is 5.92. The first-order valence-electron chi connectivity index (χ1n) is 7.96. The molecule has 0 aromatic heterocycles. The molecule has 2 aromatic carbocycles. The quantitative estimate of drug-likeness (QED) is 0.840. The minimum atomic E-state index is -0.413. The number of likely N-dealkylation sites (N-methyl/N-ethyl adjacent to an activating group) is 2. The van der Waals surface area contributed by atoms with Crippen molar-refractivity contribution in [2.75, 3.05) is 32.5 Å². The molecule has 132 valence electrons. The van der Waals surface area contributed by atoms with Gasteiger partial charge in [-0.1, -0.05) is 36.4 Å². The highest BCUT2D eigenvalue weighted by atomic mass is 19.1. The van der Waals surface area contributed by atoms with Crippen LogP contribution in [0.15, 0.2) is 54.6 Å². The van der Waals surface area contributed by atoms with Gasteiger partial charge >= 0.3 is 0 Å². The van der Waals surface area contributed by atoms with E-state index in [1.165, 1.54) is 18.2 Å². The number of amides is 2. The molecule has 0 bridgehead atoms. The number of benzene rings is 2. The number of nitrogens with one attached hydrogen (secondary N) is 1. The fourth-order valence-electron chi connectivity index (χ4n) is 2.36. The zero-order chi connectivity index (χ0) is 18.2. The molecule has 1 N–H and O–H groups in total. The van der Waals surface area contributed by atoms with Crippen molar-refractivity contribution in [3.05, 3.63) is 66.0 Å². The van der Waals surface area contributed by atoms with Crippen molar-refractivity contribution in [1.29, 1.82) is 0 Å². The Morgan fingerprint density at radius 2 is 1.72 bits per heavy atom. The topological polar surface area (TPSA) is 52.7 Å². The molecule has 5 nitrogen and oxygen atoms in total. The maximum absolute atomic E-state index is 13.1. The number of halogens is 1. The summed E-state index contributed by atoms with van der Waals surface area (Å²) >= 11 is 0. The molecular weight excluding hydrogens is 321 g/mol. The first-order chi connectivity index (χ1) is 11.9. The Kier molecular flexibility index (Phi) is 6.65. The van der Waals surface area contributed by atoms with Gasteiger partial charge in [0.2, 0.25) is 11.8 Å². The second kappa shape index (κ2) is 8.94. The van der Waals surface area contributed by atoms with Crippen LogP contribution in [0.25, 0.3) is 0 Å². The Labute approximate surface area is 147 Å². The number of carbonyl (C=O) groups excluding carboxylic acids is 2. The summed E-state index contributed by atoms with van der Waals surface area (Å²) in [6, 6.07) is 15.4. The smallest absolute Gasteiger partial charge is 0.238 e. The Morgan fingerprint density at radius 1 is 1.00 bits per heavy atom. The van der Waals surface area contributed by atoms with Gasteiger partial charge in [-0.15, -0.1) is 0 Å². The molecule has 0 radical (unpaired) electrons. The summed E-state index contributed by atoms with van der Waals surface area (Å²) in [5, 5.41) is 2.61. The maximum atomic E-state index is 13.1. The third-order valence-corrected chi connectivity index (χ3v) is 3.62. The number of anilines is 1. The number of rotatable bonds is 7. The summed E-state index contributed by atoms with van der Waals surface area (Å²) in [4.78, 5) is 27.5. The minimum Gasteiger partial charge on any atom is -0.340 e. The van der Waals surface area contributed by atoms with Crippen LogP contribution in [0.2, 0.25) is 0 Å². The van der Waals surface area contributed by atoms with Crippen molar-refractivity contribution in [1.82, 2.24) is 9.80 Å². The van der Waals surface area contributed by atoms with Crippen LogP contribution in [0.4, 0.5) is 10.1 Å². The van der Waals surface area contributed by atoms with Crippen LogP contribution in [0.5, 0.6) is 0 Å². The average molecular weight is 343 g/mol. The largest absolute Gasteiger partial charge is 0.340 e. The summed E-state index contributed by atoms with van der Waals surface area (Å²) in [7, 11) is 3.43. The Morgan fingerprint density at radius 3 is 2.40 bits per heavy atom. The van der Waals surface area contributed by atoms with Crippen LogP contribution in [-0.2, 0) is 16.1 Å². The van der Waals surface area contributed by atoms with Gasteiger partial charge in [-0.3, -0.25) is 14.5 Å². The van der Waals surface area contributed by atoms with Gasteiger partial charge in [-0.25, -0.2) is 4.39 Å². The van der Waals surface area contributed by atoms with Crippen LogP contribution < -0.4 is 5.32 Å². The fraction of sp³-hybridized carbons (Fsp3) is 0.263. The van der Waals surface area contributed by atoms with Gasteiger partial charge in [0.05, 0.1) is 13.1 Å². The van der Waals surface area contributed by atoms with E-state index in [9.17, 15) is 14.0 Å². The lowest BCUT2D eigenvalue weighted by Crippen LogP contribution is -2.39. The van der Waals surface area contributed by atoms with E-state index in [-0.39, 0.29) is 24.9 Å². The zero-order valence-electron chi connectivity index (χ0n) is 14.4. The van der Waals surface area contributed by atoms with Crippen LogP contribution in [0.3, 0.4) is 0 Å². The van der Waals surface area contributed by atoms with E-state index in [1.54, 1.807) is 30.0 Å². The van der Waals surface area contributed by atoms with Crippen molar-refractivity contribution in [3.8, 4) is 0 Å². The molecule has 2 rings (SSSR count). The molecule has 0 aliphatic rings. The van der Waals surface area contributed by atoms with E-state index < -0.39 is 5.82 Å². The number of carbonyl (C=O) groups is 2. The summed E-state index contributed by atoms with van der Waals surface area (Å²) < 4.78 is 13.1. The highest BCUT2D eigenvalue weighted by Gasteiger charge is 2.14. The zero-order valence-corrected chi connectivity index (χ0v) is 14.4. The number of hydrogen-bond acceptors (Lipinski definition) is 3. The average Bonchev–Trinajstić information content (AvgIpc) is 2.55. The summed E-state index contributed by atoms with van der Waals surface area (Å²) in [6.07, 6.45) is 0. The van der Waals surface area contributed by atoms with Gasteiger partial charge in [-0.2, -0.15) is 0 Å². The Hall–Kier alpha value is -2.73.